The van der Waals surface area contributed by atoms with E-state index in [1.54, 1.807) is 18.2 Å². The monoisotopic (exact) mass is 263 g/mol. The van der Waals surface area contributed by atoms with Crippen LogP contribution in [0.2, 0.25) is 0 Å². The molecule has 5 nitrogen and oxygen atoms in total. The molecule has 5 heteroatoms. The van der Waals surface area contributed by atoms with Gasteiger partial charge in [-0.25, -0.2) is 0 Å². The van der Waals surface area contributed by atoms with Crippen LogP contribution in [0.3, 0.4) is 0 Å². The Morgan fingerprint density at radius 3 is 2.79 bits per heavy atom. The van der Waals surface area contributed by atoms with Crippen LogP contribution in [0.5, 0.6) is 5.75 Å². The maximum atomic E-state index is 12.0. The van der Waals surface area contributed by atoms with E-state index in [4.69, 9.17) is 5.73 Å². The Morgan fingerprint density at radius 2 is 2.16 bits per heavy atom. The molecule has 4 N–H and O–H groups in total. The van der Waals surface area contributed by atoms with Gasteiger partial charge in [-0.3, -0.25) is 4.79 Å². The Kier molecular flexibility index (Phi) is 4.76. The van der Waals surface area contributed by atoms with Crippen LogP contribution in [0.4, 0.5) is 0 Å². The number of phenols is 1. The van der Waals surface area contributed by atoms with Crippen molar-refractivity contribution < 1.29 is 9.90 Å². The number of nitrogens with zero attached hydrogens (tertiary/aromatic N) is 1. The number of amides is 1. The number of hydrogen-bond acceptors (Lipinski definition) is 4. The molecule has 104 valence electrons. The lowest BCUT2D eigenvalue weighted by molar-refractivity contribution is 0.0911. The van der Waals surface area contributed by atoms with Crippen molar-refractivity contribution in [3.8, 4) is 5.75 Å². The van der Waals surface area contributed by atoms with Crippen molar-refractivity contribution in [1.82, 2.24) is 10.2 Å². The fourth-order valence-electron chi connectivity index (χ4n) is 2.40. The van der Waals surface area contributed by atoms with E-state index in [9.17, 15) is 9.90 Å². The van der Waals surface area contributed by atoms with Crippen molar-refractivity contribution in [3.63, 3.8) is 0 Å². The molecule has 1 saturated heterocycles. The normalized spacial score (nSPS) is 17.3. The van der Waals surface area contributed by atoms with Gasteiger partial charge in [0.05, 0.1) is 0 Å². The number of aromatic hydroxyl groups is 1. The molecule has 0 radical (unpaired) electrons. The van der Waals surface area contributed by atoms with Gasteiger partial charge in [-0.1, -0.05) is 6.07 Å². The maximum Gasteiger partial charge on any atom is 0.251 e. The molecule has 1 aromatic rings. The van der Waals surface area contributed by atoms with Crippen molar-refractivity contribution >= 4 is 5.91 Å². The first kappa shape index (κ1) is 13.8. The minimum absolute atomic E-state index is 0.116. The van der Waals surface area contributed by atoms with Gasteiger partial charge < -0.3 is 21.1 Å². The van der Waals surface area contributed by atoms with Gasteiger partial charge in [-0.2, -0.15) is 0 Å². The van der Waals surface area contributed by atoms with Crippen molar-refractivity contribution in [1.29, 1.82) is 0 Å². The highest BCUT2D eigenvalue weighted by Crippen LogP contribution is 2.13. The summed E-state index contributed by atoms with van der Waals surface area (Å²) in [4.78, 5) is 14.3. The quantitative estimate of drug-likeness (QED) is 0.741. The summed E-state index contributed by atoms with van der Waals surface area (Å²) >= 11 is 0. The van der Waals surface area contributed by atoms with Crippen LogP contribution >= 0.6 is 0 Å². The smallest absolute Gasteiger partial charge is 0.251 e. The third-order valence-electron chi connectivity index (χ3n) is 3.48. The highest BCUT2D eigenvalue weighted by atomic mass is 16.3. The van der Waals surface area contributed by atoms with Crippen LogP contribution < -0.4 is 11.1 Å². The lowest BCUT2D eigenvalue weighted by Gasteiger charge is -2.32. The van der Waals surface area contributed by atoms with Gasteiger partial charge in [0, 0.05) is 37.8 Å². The number of hydrogen-bond donors (Lipinski definition) is 3. The predicted octanol–water partition coefficient (Wildman–Crippen LogP) is 0.545. The summed E-state index contributed by atoms with van der Waals surface area (Å²) in [6.45, 7) is 3.55. The zero-order valence-electron chi connectivity index (χ0n) is 11.0. The highest BCUT2D eigenvalue weighted by Gasteiger charge is 2.20. The summed E-state index contributed by atoms with van der Waals surface area (Å²) in [5.74, 6) is -0.00131. The third-order valence-corrected chi connectivity index (χ3v) is 3.48. The van der Waals surface area contributed by atoms with Gasteiger partial charge in [0.15, 0.2) is 0 Å². The van der Waals surface area contributed by atoms with Gasteiger partial charge in [0.1, 0.15) is 5.75 Å². The molecule has 1 amide bonds. The number of likely N-dealkylation sites (tertiary alicyclic amines) is 1. The molecule has 0 atom stereocenters. The van der Waals surface area contributed by atoms with Crippen molar-refractivity contribution in [2.24, 2.45) is 5.73 Å². The molecule has 2 rings (SSSR count). The number of piperidine rings is 1. The number of nitrogens with two attached hydrogens (primary N) is 1. The van der Waals surface area contributed by atoms with Gasteiger partial charge in [0.25, 0.3) is 5.91 Å². The second-order valence-corrected chi connectivity index (χ2v) is 4.93. The molecule has 0 unspecified atom stereocenters. The predicted molar refractivity (Wildman–Crippen MR) is 74.1 cm³/mol. The summed E-state index contributed by atoms with van der Waals surface area (Å²) in [7, 11) is 0. The zero-order chi connectivity index (χ0) is 13.7. The van der Waals surface area contributed by atoms with E-state index in [0.29, 0.717) is 12.1 Å². The summed E-state index contributed by atoms with van der Waals surface area (Å²) in [6.07, 6.45) is 1.90. The van der Waals surface area contributed by atoms with Gasteiger partial charge >= 0.3 is 0 Å². The van der Waals surface area contributed by atoms with Gasteiger partial charge in [-0.15, -0.1) is 0 Å². The molecular formula is C14H21N3O2. The lowest BCUT2D eigenvalue weighted by Crippen LogP contribution is -2.45. The number of phenolic OH excluding ortho intramolecular Hbond substituents is 1. The number of carbonyl (C=O) groups excluding carboxylic acids is 1. The molecule has 0 aromatic heterocycles. The minimum Gasteiger partial charge on any atom is -0.508 e. The van der Waals surface area contributed by atoms with Gasteiger partial charge in [0.2, 0.25) is 0 Å². The molecule has 0 saturated carbocycles. The van der Waals surface area contributed by atoms with Crippen LogP contribution in [0.25, 0.3) is 0 Å². The number of nitrogens with one attached hydrogen (secondary N) is 1. The molecule has 1 aliphatic rings. The van der Waals surface area contributed by atoms with E-state index in [1.807, 2.05) is 0 Å². The maximum absolute atomic E-state index is 12.0. The average molecular weight is 263 g/mol. The lowest BCUT2D eigenvalue weighted by atomic mass is 10.0. The van der Waals surface area contributed by atoms with Crippen LogP contribution in [0.1, 0.15) is 23.2 Å². The van der Waals surface area contributed by atoms with E-state index < -0.39 is 0 Å². The van der Waals surface area contributed by atoms with Crippen LogP contribution in [0.15, 0.2) is 24.3 Å². The zero-order valence-corrected chi connectivity index (χ0v) is 11.0. The molecular weight excluding hydrogens is 242 g/mol. The topological polar surface area (TPSA) is 78.6 Å². The van der Waals surface area contributed by atoms with Crippen LogP contribution in [0, 0.1) is 0 Å². The fourth-order valence-corrected chi connectivity index (χ4v) is 2.40. The van der Waals surface area contributed by atoms with E-state index in [0.717, 1.165) is 32.5 Å². The first-order valence-corrected chi connectivity index (χ1v) is 6.71. The average Bonchev–Trinajstić information content (AvgIpc) is 2.41. The third kappa shape index (κ3) is 3.94. The summed E-state index contributed by atoms with van der Waals surface area (Å²) < 4.78 is 0. The summed E-state index contributed by atoms with van der Waals surface area (Å²) in [6, 6.07) is 6.64. The van der Waals surface area contributed by atoms with E-state index in [-0.39, 0.29) is 17.7 Å². The van der Waals surface area contributed by atoms with E-state index >= 15 is 0 Å². The summed E-state index contributed by atoms with van der Waals surface area (Å²) in [5, 5.41) is 12.4. The molecule has 0 bridgehead atoms. The van der Waals surface area contributed by atoms with Crippen molar-refractivity contribution in [3.05, 3.63) is 29.8 Å². The molecule has 0 spiro atoms. The minimum atomic E-state index is -0.117. The Labute approximate surface area is 113 Å². The van der Waals surface area contributed by atoms with Crippen molar-refractivity contribution in [2.45, 2.75) is 18.9 Å². The Bertz CT molecular complexity index is 428. The van der Waals surface area contributed by atoms with Gasteiger partial charge in [-0.05, 0) is 31.0 Å². The number of carbonyl (C=O) groups is 1. The number of benzene rings is 1. The Hall–Kier alpha value is -1.59. The Morgan fingerprint density at radius 1 is 1.42 bits per heavy atom. The van der Waals surface area contributed by atoms with E-state index in [2.05, 4.69) is 10.2 Å². The molecule has 1 fully saturated rings. The second-order valence-electron chi connectivity index (χ2n) is 4.93. The fraction of sp³-hybridized carbons (Fsp3) is 0.500. The van der Waals surface area contributed by atoms with E-state index in [1.165, 1.54) is 6.07 Å². The van der Waals surface area contributed by atoms with Crippen LogP contribution in [-0.2, 0) is 0 Å². The highest BCUT2D eigenvalue weighted by molar-refractivity contribution is 5.94. The van der Waals surface area contributed by atoms with Crippen LogP contribution in [-0.4, -0.2) is 48.1 Å². The second kappa shape index (κ2) is 6.54. The van der Waals surface area contributed by atoms with Crippen molar-refractivity contribution in [2.75, 3.05) is 26.2 Å². The first-order valence-electron chi connectivity index (χ1n) is 6.71. The summed E-state index contributed by atoms with van der Waals surface area (Å²) in [5.41, 5.74) is 6.03. The standard InChI is InChI=1S/C14H21N3O2/c15-6-9-17-7-4-12(5-8-17)16-14(19)11-2-1-3-13(18)10-11/h1-3,10,12,18H,4-9,15H2,(H,16,19). The molecule has 0 aliphatic carbocycles. The molecule has 1 aliphatic heterocycles. The molecule has 19 heavy (non-hydrogen) atoms. The first-order chi connectivity index (χ1) is 9.19. The Balaban J connectivity index is 1.84. The number of rotatable bonds is 4. The largest absolute Gasteiger partial charge is 0.508 e. The molecule has 1 aromatic carbocycles. The molecule has 1 heterocycles. The SMILES string of the molecule is NCCN1CCC(NC(=O)c2cccc(O)c2)CC1.